The number of hydrogen-bond donors (Lipinski definition) is 2. The van der Waals surface area contributed by atoms with Crippen LogP contribution >= 0.6 is 0 Å². The highest BCUT2D eigenvalue weighted by atomic mass is 16.5. The Balaban J connectivity index is 0.000000705. The van der Waals surface area contributed by atoms with Crippen molar-refractivity contribution in [3.05, 3.63) is 48.0 Å². The van der Waals surface area contributed by atoms with Gasteiger partial charge in [-0.05, 0) is 36.8 Å². The van der Waals surface area contributed by atoms with Crippen LogP contribution in [0, 0.1) is 0 Å². The summed E-state index contributed by atoms with van der Waals surface area (Å²) < 4.78 is 16.2. The van der Waals surface area contributed by atoms with E-state index in [1.807, 2.05) is 37.3 Å². The van der Waals surface area contributed by atoms with E-state index in [2.05, 4.69) is 0 Å². The molecule has 0 heterocycles. The van der Waals surface area contributed by atoms with Crippen LogP contribution in [0.1, 0.15) is 19.4 Å². The van der Waals surface area contributed by atoms with Crippen LogP contribution in [0.15, 0.2) is 42.5 Å². The van der Waals surface area contributed by atoms with E-state index in [0.717, 1.165) is 12.5 Å². The second-order valence-corrected chi connectivity index (χ2v) is 4.87. The van der Waals surface area contributed by atoms with Gasteiger partial charge in [-0.2, -0.15) is 0 Å². The molecule has 2 N–H and O–H groups in total. The van der Waals surface area contributed by atoms with Gasteiger partial charge in [-0.1, -0.05) is 18.2 Å². The van der Waals surface area contributed by atoms with E-state index in [1.54, 1.807) is 19.2 Å². The number of phenols is 1. The molecule has 0 fully saturated rings. The van der Waals surface area contributed by atoms with Crippen molar-refractivity contribution < 1.29 is 29.2 Å². The van der Waals surface area contributed by atoms with E-state index in [1.165, 1.54) is 13.2 Å². The van der Waals surface area contributed by atoms with E-state index in [4.69, 9.17) is 24.1 Å². The van der Waals surface area contributed by atoms with Crippen LogP contribution in [-0.2, 0) is 4.79 Å². The molecule has 2 aromatic rings. The number of ether oxygens (including phenoxy) is 3. The Hall–Kier alpha value is -3.15. The first kappa shape index (κ1) is 19.9. The van der Waals surface area contributed by atoms with Crippen molar-refractivity contribution in [2.45, 2.75) is 13.8 Å². The van der Waals surface area contributed by atoms with E-state index < -0.39 is 5.97 Å². The highest BCUT2D eigenvalue weighted by Gasteiger charge is 2.09. The van der Waals surface area contributed by atoms with Crippen LogP contribution in [0.2, 0.25) is 0 Å². The topological polar surface area (TPSA) is 85.2 Å². The molecular weight excluding hydrogens is 324 g/mol. The van der Waals surface area contributed by atoms with Gasteiger partial charge in [0.1, 0.15) is 5.75 Å². The number of rotatable bonds is 5. The van der Waals surface area contributed by atoms with Gasteiger partial charge >= 0.3 is 0 Å². The molecule has 0 spiro atoms. The molecule has 6 heteroatoms. The summed E-state index contributed by atoms with van der Waals surface area (Å²) >= 11 is 0. The van der Waals surface area contributed by atoms with Crippen molar-refractivity contribution in [1.82, 2.24) is 0 Å². The van der Waals surface area contributed by atoms with Crippen molar-refractivity contribution in [3.8, 4) is 28.7 Å². The largest absolute Gasteiger partial charge is 0.504 e. The molecule has 0 atom stereocenters. The van der Waals surface area contributed by atoms with Crippen molar-refractivity contribution in [1.29, 1.82) is 0 Å². The minimum Gasteiger partial charge on any atom is -0.504 e. The van der Waals surface area contributed by atoms with E-state index in [-0.39, 0.29) is 5.75 Å². The van der Waals surface area contributed by atoms with E-state index >= 15 is 0 Å². The summed E-state index contributed by atoms with van der Waals surface area (Å²) in [6.07, 6.45) is 3.94. The molecule has 0 aliphatic carbocycles. The first-order valence-electron chi connectivity index (χ1n) is 7.46. The Morgan fingerprint density at radius 3 is 2.20 bits per heavy atom. The lowest BCUT2D eigenvalue weighted by atomic mass is 10.2. The maximum Gasteiger partial charge on any atom is 0.300 e. The molecule has 0 saturated heterocycles. The number of aromatic hydroxyl groups is 1. The first-order chi connectivity index (χ1) is 11.9. The zero-order valence-corrected chi connectivity index (χ0v) is 14.6. The molecule has 0 aliphatic heterocycles. The van der Waals surface area contributed by atoms with Gasteiger partial charge in [0.15, 0.2) is 23.0 Å². The third-order valence-electron chi connectivity index (χ3n) is 2.93. The van der Waals surface area contributed by atoms with Gasteiger partial charge in [0.25, 0.3) is 5.97 Å². The Bertz CT molecular complexity index is 733. The fraction of sp³-hybridized carbons (Fsp3) is 0.211. The Kier molecular flexibility index (Phi) is 7.86. The lowest BCUT2D eigenvalue weighted by Gasteiger charge is -2.12. The molecule has 0 amide bonds. The SMILES string of the molecule is CC(=O)O.CC=Cc1ccc(Oc2ccc(O)c(OC)c2)c(OC)c1. The lowest BCUT2D eigenvalue weighted by Crippen LogP contribution is -1.92. The standard InChI is InChI=1S/C17H18O4.C2H4O2/c1-4-5-12-6-9-15(17(10-12)20-3)21-13-7-8-14(18)16(11-13)19-2;1-2(3)4/h4-11,18H,1-3H3;1H3,(H,3,4). The van der Waals surface area contributed by atoms with Gasteiger partial charge in [-0.3, -0.25) is 4.79 Å². The second-order valence-electron chi connectivity index (χ2n) is 4.87. The average molecular weight is 346 g/mol. The van der Waals surface area contributed by atoms with Crippen molar-refractivity contribution in [3.63, 3.8) is 0 Å². The molecule has 0 radical (unpaired) electrons. The first-order valence-corrected chi connectivity index (χ1v) is 7.46. The van der Waals surface area contributed by atoms with Crippen LogP contribution in [-0.4, -0.2) is 30.4 Å². The van der Waals surface area contributed by atoms with Crippen LogP contribution in [0.25, 0.3) is 6.08 Å². The van der Waals surface area contributed by atoms with Gasteiger partial charge in [0.05, 0.1) is 14.2 Å². The normalized spacial score (nSPS) is 9.92. The molecule has 2 rings (SSSR count). The van der Waals surface area contributed by atoms with Gasteiger partial charge in [-0.25, -0.2) is 0 Å². The lowest BCUT2D eigenvalue weighted by molar-refractivity contribution is -0.134. The molecule has 0 bridgehead atoms. The average Bonchev–Trinajstić information content (AvgIpc) is 2.57. The van der Waals surface area contributed by atoms with Crippen LogP contribution in [0.5, 0.6) is 28.7 Å². The van der Waals surface area contributed by atoms with Crippen molar-refractivity contribution >= 4 is 12.0 Å². The minimum absolute atomic E-state index is 0.0697. The third kappa shape index (κ3) is 6.47. The monoisotopic (exact) mass is 346 g/mol. The van der Waals surface area contributed by atoms with Gasteiger partial charge in [-0.15, -0.1) is 0 Å². The van der Waals surface area contributed by atoms with Crippen molar-refractivity contribution in [2.75, 3.05) is 14.2 Å². The summed E-state index contributed by atoms with van der Waals surface area (Å²) in [5, 5.41) is 17.0. The molecular formula is C19H22O6. The number of benzene rings is 2. The van der Waals surface area contributed by atoms with Gasteiger partial charge in [0.2, 0.25) is 0 Å². The number of carboxylic acids is 1. The summed E-state index contributed by atoms with van der Waals surface area (Å²) in [5.74, 6) is 1.38. The quantitative estimate of drug-likeness (QED) is 0.838. The summed E-state index contributed by atoms with van der Waals surface area (Å²) in [5.41, 5.74) is 1.03. The number of carboxylic acid groups (broad SMARTS) is 1. The molecule has 134 valence electrons. The number of methoxy groups -OCH3 is 2. The Morgan fingerprint density at radius 1 is 1.00 bits per heavy atom. The zero-order chi connectivity index (χ0) is 18.8. The Morgan fingerprint density at radius 2 is 1.64 bits per heavy atom. The van der Waals surface area contributed by atoms with E-state index in [9.17, 15) is 5.11 Å². The summed E-state index contributed by atoms with van der Waals surface area (Å²) in [4.78, 5) is 9.00. The molecule has 0 aromatic heterocycles. The predicted molar refractivity (Wildman–Crippen MR) is 95.7 cm³/mol. The van der Waals surface area contributed by atoms with Crippen LogP contribution < -0.4 is 14.2 Å². The summed E-state index contributed by atoms with van der Waals surface area (Å²) in [6, 6.07) is 10.5. The second kappa shape index (κ2) is 9.87. The van der Waals surface area contributed by atoms with Crippen molar-refractivity contribution in [2.24, 2.45) is 0 Å². The summed E-state index contributed by atoms with van der Waals surface area (Å²) in [6.45, 7) is 3.04. The fourth-order valence-corrected chi connectivity index (χ4v) is 1.91. The van der Waals surface area contributed by atoms with Crippen LogP contribution in [0.3, 0.4) is 0 Å². The molecule has 0 unspecified atom stereocenters. The number of aliphatic carboxylic acids is 1. The molecule has 6 nitrogen and oxygen atoms in total. The highest BCUT2D eigenvalue weighted by molar-refractivity contribution is 5.63. The number of hydrogen-bond acceptors (Lipinski definition) is 5. The number of allylic oxidation sites excluding steroid dienone is 1. The maximum atomic E-state index is 9.58. The van der Waals surface area contributed by atoms with Gasteiger partial charge in [0, 0.05) is 13.0 Å². The molecule has 2 aromatic carbocycles. The summed E-state index contributed by atoms with van der Waals surface area (Å²) in [7, 11) is 3.09. The maximum absolute atomic E-state index is 9.58. The van der Waals surface area contributed by atoms with Crippen LogP contribution in [0.4, 0.5) is 0 Å². The van der Waals surface area contributed by atoms with E-state index in [0.29, 0.717) is 23.0 Å². The highest BCUT2D eigenvalue weighted by Crippen LogP contribution is 2.36. The third-order valence-corrected chi connectivity index (χ3v) is 2.93. The fourth-order valence-electron chi connectivity index (χ4n) is 1.91. The molecule has 0 aliphatic rings. The smallest absolute Gasteiger partial charge is 0.300 e. The zero-order valence-electron chi connectivity index (χ0n) is 14.6. The van der Waals surface area contributed by atoms with Gasteiger partial charge < -0.3 is 24.4 Å². The number of phenolic OH excluding ortho intramolecular Hbond substituents is 1. The predicted octanol–water partition coefficient (Wildman–Crippen LogP) is 4.33. The molecule has 0 saturated carbocycles. The Labute approximate surface area is 146 Å². The number of carbonyl (C=O) groups is 1. The minimum atomic E-state index is -0.833. The molecule has 25 heavy (non-hydrogen) atoms.